The van der Waals surface area contributed by atoms with E-state index in [2.05, 4.69) is 131 Å². The Morgan fingerprint density at radius 2 is 0.882 bits per heavy atom. The van der Waals surface area contributed by atoms with Gasteiger partial charge in [-0.1, -0.05) is 123 Å². The van der Waals surface area contributed by atoms with Crippen LogP contribution in [0.3, 0.4) is 0 Å². The van der Waals surface area contributed by atoms with E-state index in [9.17, 15) is 19.2 Å². The van der Waals surface area contributed by atoms with Crippen molar-refractivity contribution in [2.24, 2.45) is 11.8 Å². The number of hydrogen-bond donors (Lipinski definition) is 0. The maximum atomic E-state index is 13.9. The van der Waals surface area contributed by atoms with Crippen molar-refractivity contribution >= 4 is 52.6 Å². The Morgan fingerprint density at radius 3 is 1.29 bits per heavy atom. The number of nitrogens with zero attached hydrogens (tertiary/aromatic N) is 4. The molecule has 0 saturated heterocycles. The maximum absolute atomic E-state index is 13.9. The summed E-state index contributed by atoms with van der Waals surface area (Å²) < 4.78 is 9.57. The molecule has 10 nitrogen and oxygen atoms in total. The fourth-order valence-electron chi connectivity index (χ4n) is 10.4. The predicted molar refractivity (Wildman–Crippen MR) is 312 cm³/mol. The number of rotatable bonds is 17. The summed E-state index contributed by atoms with van der Waals surface area (Å²) in [5, 5.41) is 0. The lowest BCUT2D eigenvalue weighted by Crippen LogP contribution is -2.36. The van der Waals surface area contributed by atoms with Crippen molar-refractivity contribution in [3.63, 3.8) is 0 Å². The molecular formula is C66H78N4O6. The second kappa shape index (κ2) is 27.4. The number of carbonyl (C=O) groups excluding carboxylic acids is 4. The summed E-state index contributed by atoms with van der Waals surface area (Å²) in [7, 11) is 10.9. The first-order valence-corrected chi connectivity index (χ1v) is 27.1. The van der Waals surface area contributed by atoms with E-state index in [1.54, 1.807) is 6.08 Å². The average Bonchev–Trinajstić information content (AvgIpc) is 3.45. The molecule has 8 rings (SSSR count). The molecule has 0 atom stereocenters. The van der Waals surface area contributed by atoms with Gasteiger partial charge in [0.1, 0.15) is 0 Å². The first-order chi connectivity index (χ1) is 36.7. The van der Waals surface area contributed by atoms with Crippen molar-refractivity contribution in [1.82, 2.24) is 0 Å². The first-order valence-electron chi connectivity index (χ1n) is 27.1. The van der Waals surface area contributed by atoms with Gasteiger partial charge in [-0.15, -0.1) is 0 Å². The summed E-state index contributed by atoms with van der Waals surface area (Å²) in [6.07, 6.45) is 14.7. The van der Waals surface area contributed by atoms with Crippen LogP contribution in [0.5, 0.6) is 0 Å². The van der Waals surface area contributed by atoms with Gasteiger partial charge in [-0.25, -0.2) is 4.79 Å². The maximum Gasteiger partial charge on any atom is 0.330 e. The second-order valence-corrected chi connectivity index (χ2v) is 21.0. The molecule has 2 amide bonds. The van der Waals surface area contributed by atoms with Crippen LogP contribution in [0.4, 0.5) is 22.7 Å². The molecule has 0 unspecified atom stereocenters. The van der Waals surface area contributed by atoms with E-state index in [-0.39, 0.29) is 29.6 Å². The molecule has 0 bridgehead atoms. The third kappa shape index (κ3) is 15.8. The van der Waals surface area contributed by atoms with Crippen LogP contribution in [0.15, 0.2) is 140 Å². The van der Waals surface area contributed by atoms with Crippen LogP contribution in [-0.4, -0.2) is 66.2 Å². The van der Waals surface area contributed by atoms with Gasteiger partial charge in [0, 0.05) is 75.3 Å². The zero-order chi connectivity index (χ0) is 54.1. The summed E-state index contributed by atoms with van der Waals surface area (Å²) in [5.41, 5.74) is 14.9. The van der Waals surface area contributed by atoms with Crippen LogP contribution in [0, 0.1) is 25.7 Å². The van der Waals surface area contributed by atoms with E-state index in [4.69, 9.17) is 9.47 Å². The van der Waals surface area contributed by atoms with E-state index >= 15 is 0 Å². The molecule has 398 valence electrons. The average molecular weight is 1020 g/mol. The number of methoxy groups -OCH3 is 2. The summed E-state index contributed by atoms with van der Waals surface area (Å²) in [6, 6.07) is 46.4. The lowest BCUT2D eigenvalue weighted by molar-refractivity contribution is -0.140. The van der Waals surface area contributed by atoms with Crippen LogP contribution in [0.25, 0.3) is 28.3 Å². The van der Waals surface area contributed by atoms with Gasteiger partial charge in [-0.3, -0.25) is 14.4 Å². The number of aryl methyl sites for hydroxylation is 3. The minimum Gasteiger partial charge on any atom is -0.469 e. The van der Waals surface area contributed by atoms with Crippen LogP contribution in [-0.2, 0) is 48.2 Å². The molecule has 2 fully saturated rings. The van der Waals surface area contributed by atoms with Crippen LogP contribution in [0.1, 0.15) is 104 Å². The minimum absolute atomic E-state index is 0.0489. The molecule has 2 saturated carbocycles. The zero-order valence-electron chi connectivity index (χ0n) is 46.1. The van der Waals surface area contributed by atoms with Crippen molar-refractivity contribution in [2.75, 3.05) is 62.0 Å². The van der Waals surface area contributed by atoms with E-state index in [1.807, 2.05) is 64.0 Å². The van der Waals surface area contributed by atoms with Crippen molar-refractivity contribution in [2.45, 2.75) is 104 Å². The van der Waals surface area contributed by atoms with E-state index in [1.165, 1.54) is 50.1 Å². The van der Waals surface area contributed by atoms with Gasteiger partial charge in [0.05, 0.1) is 27.3 Å². The van der Waals surface area contributed by atoms with Crippen molar-refractivity contribution in [3.8, 4) is 22.3 Å². The number of benzene rings is 6. The van der Waals surface area contributed by atoms with Gasteiger partial charge in [-0.2, -0.15) is 0 Å². The fraction of sp³-hybridized carbons (Fsp3) is 0.364. The van der Waals surface area contributed by atoms with Crippen molar-refractivity contribution in [1.29, 1.82) is 0 Å². The summed E-state index contributed by atoms with van der Waals surface area (Å²) in [4.78, 5) is 59.2. The molecule has 0 spiro atoms. The molecule has 76 heavy (non-hydrogen) atoms. The Kier molecular flexibility index (Phi) is 20.3. The highest BCUT2D eigenvalue weighted by Crippen LogP contribution is 2.33. The summed E-state index contributed by atoms with van der Waals surface area (Å²) >= 11 is 0. The molecule has 0 heterocycles. The van der Waals surface area contributed by atoms with Gasteiger partial charge < -0.3 is 29.1 Å². The number of hydrogen-bond acceptors (Lipinski definition) is 8. The molecule has 2 aliphatic rings. The first kappa shape index (κ1) is 56.3. The predicted octanol–water partition coefficient (Wildman–Crippen LogP) is 14.0. The number of anilines is 4. The number of esters is 2. The Hall–Kier alpha value is -7.46. The van der Waals surface area contributed by atoms with E-state index < -0.39 is 5.97 Å². The topological polar surface area (TPSA) is 99.7 Å². The Bertz CT molecular complexity index is 2900. The minimum atomic E-state index is -0.403. The Labute approximate surface area is 452 Å². The van der Waals surface area contributed by atoms with Crippen LogP contribution >= 0.6 is 0 Å². The molecule has 0 N–H and O–H groups in total. The van der Waals surface area contributed by atoms with Crippen molar-refractivity contribution in [3.05, 3.63) is 173 Å². The Morgan fingerprint density at radius 1 is 0.474 bits per heavy atom. The highest BCUT2D eigenvalue weighted by molar-refractivity contribution is 5.96. The van der Waals surface area contributed by atoms with Gasteiger partial charge in [0.25, 0.3) is 0 Å². The fourth-order valence-corrected chi connectivity index (χ4v) is 10.4. The van der Waals surface area contributed by atoms with Crippen LogP contribution in [0.2, 0.25) is 0 Å². The van der Waals surface area contributed by atoms with Gasteiger partial charge in [0.15, 0.2) is 0 Å². The molecule has 10 heteroatoms. The summed E-state index contributed by atoms with van der Waals surface area (Å²) in [6.45, 7) is 5.08. The highest BCUT2D eigenvalue weighted by Gasteiger charge is 2.29. The molecule has 6 aromatic rings. The number of carbonyl (C=O) groups is 4. The zero-order valence-corrected chi connectivity index (χ0v) is 46.1. The van der Waals surface area contributed by atoms with Gasteiger partial charge in [-0.05, 0) is 156 Å². The normalized spacial score (nSPS) is 13.8. The van der Waals surface area contributed by atoms with Crippen molar-refractivity contribution < 1.29 is 28.7 Å². The highest BCUT2D eigenvalue weighted by atomic mass is 16.5. The van der Waals surface area contributed by atoms with E-state index in [0.29, 0.717) is 25.9 Å². The Balaban J connectivity index is 0.000000221. The quantitative estimate of drug-likeness (QED) is 0.0658. The SMILES string of the molecule is COC(=O)/C=C/c1cc(C)cc(N(Cc2ccc(-c3ccc(N(C)C)cc3)cc2)C(=O)C2CCCCC2)c1.COC(=O)CCc1cc(C)cc(N(Cc2ccc(-c3ccc(N(C)C)cc3)cc2)C(=O)C2CCCCC2)c1. The van der Waals surface area contributed by atoms with Gasteiger partial charge in [0.2, 0.25) is 11.8 Å². The number of amides is 2. The standard InChI is InChI=1S/C33H40N2O3.C33H38N2O3/c2*1-24-20-26(12-19-32(36)38-4)22-31(21-24)35(33(37)29-8-6-5-7-9-29)23-25-10-13-27(14-11-25)28-15-17-30(18-16-28)34(2)3/h10-11,13-18,20-22,29H,5-9,12,19,23H2,1-4H3;10-22,29H,5-9,23H2,1-4H3/b;19-12+. The van der Waals surface area contributed by atoms with Crippen LogP contribution < -0.4 is 19.6 Å². The molecule has 0 aromatic heterocycles. The largest absolute Gasteiger partial charge is 0.469 e. The third-order valence-electron chi connectivity index (χ3n) is 14.8. The lowest BCUT2D eigenvalue weighted by atomic mass is 9.88. The monoisotopic (exact) mass is 1020 g/mol. The second-order valence-electron chi connectivity index (χ2n) is 21.0. The smallest absolute Gasteiger partial charge is 0.330 e. The van der Waals surface area contributed by atoms with Gasteiger partial charge >= 0.3 is 11.9 Å². The molecule has 2 aliphatic carbocycles. The molecule has 0 radical (unpaired) electrons. The van der Waals surface area contributed by atoms with E-state index in [0.717, 1.165) is 113 Å². The number of ether oxygens (including phenoxy) is 2. The summed E-state index contributed by atoms with van der Waals surface area (Å²) in [5.74, 6) is -0.122. The molecule has 6 aromatic carbocycles. The lowest BCUT2D eigenvalue weighted by Gasteiger charge is -2.30. The third-order valence-corrected chi connectivity index (χ3v) is 14.8. The molecule has 0 aliphatic heterocycles. The molecular weight excluding hydrogens is 945 g/mol.